The van der Waals surface area contributed by atoms with Crippen molar-refractivity contribution in [1.82, 2.24) is 20.1 Å². The Balaban J connectivity index is 1.13. The van der Waals surface area contributed by atoms with Crippen LogP contribution in [0.3, 0.4) is 0 Å². The molecule has 1 N–H and O–H groups in total. The van der Waals surface area contributed by atoms with Gasteiger partial charge < -0.3 is 15.0 Å². The van der Waals surface area contributed by atoms with E-state index in [-0.39, 0.29) is 17.8 Å². The maximum Gasteiger partial charge on any atom is 0.573 e. The summed E-state index contributed by atoms with van der Waals surface area (Å²) in [4.78, 5) is 24.1. The SMILES string of the molecule is CCCc1ccc(C)cc1N1C(=NC(=O)NCCC(C)Cc2ccc(-c3ncn(-c4ccc(OC(F)(F)F)cc4)n3)cc2)SCCC1C. The topological polar surface area (TPSA) is 84.6 Å². The number of ether oxygens (including phenoxy) is 1. The van der Waals surface area contributed by atoms with E-state index in [9.17, 15) is 18.0 Å². The molecular weight excluding hydrogens is 637 g/mol. The van der Waals surface area contributed by atoms with Crippen LogP contribution >= 0.6 is 11.8 Å². The Bertz CT molecular complexity index is 1710. The molecule has 2 atom stereocenters. The molecule has 1 aliphatic heterocycles. The highest BCUT2D eigenvalue weighted by Crippen LogP contribution is 2.33. The van der Waals surface area contributed by atoms with Gasteiger partial charge in [0.05, 0.1) is 5.69 Å². The van der Waals surface area contributed by atoms with E-state index in [0.29, 0.717) is 24.0 Å². The van der Waals surface area contributed by atoms with Crippen molar-refractivity contribution in [3.05, 3.63) is 89.7 Å². The minimum Gasteiger partial charge on any atom is -0.406 e. The molecule has 48 heavy (non-hydrogen) atoms. The summed E-state index contributed by atoms with van der Waals surface area (Å²) in [7, 11) is 0. The Kier molecular flexibility index (Phi) is 11.5. The van der Waals surface area contributed by atoms with Crippen molar-refractivity contribution in [2.45, 2.75) is 72.2 Å². The van der Waals surface area contributed by atoms with Crippen LogP contribution in [0, 0.1) is 12.8 Å². The number of hydrogen-bond acceptors (Lipinski definition) is 5. The van der Waals surface area contributed by atoms with Crippen LogP contribution in [0.25, 0.3) is 17.1 Å². The molecular formula is C36H41F3N6O2S. The molecule has 8 nitrogen and oxygen atoms in total. The van der Waals surface area contributed by atoms with Gasteiger partial charge in [0.2, 0.25) is 0 Å². The number of alkyl halides is 3. The highest BCUT2D eigenvalue weighted by Gasteiger charge is 2.31. The Labute approximate surface area is 283 Å². The maximum atomic E-state index is 12.9. The predicted molar refractivity (Wildman–Crippen MR) is 186 cm³/mol. The highest BCUT2D eigenvalue weighted by molar-refractivity contribution is 8.14. The first-order valence-corrected chi connectivity index (χ1v) is 17.2. The minimum atomic E-state index is -4.74. The van der Waals surface area contributed by atoms with Crippen LogP contribution in [-0.2, 0) is 12.8 Å². The standard InChI is InChI=1S/C36H41F3N6O2S/c1-5-6-28-10-7-24(2)22-32(28)45-26(4)18-20-48-35(45)42-34(46)40-19-17-25(3)21-27-8-11-29(12-9-27)33-41-23-44(43-33)30-13-15-31(16-14-30)47-36(37,38)39/h7-16,22-23,25-26H,5-6,17-21H2,1-4H3,(H,40,46). The molecule has 5 rings (SSSR count). The van der Waals surface area contributed by atoms with Gasteiger partial charge in [0.15, 0.2) is 11.0 Å². The van der Waals surface area contributed by atoms with Gasteiger partial charge in [-0.2, -0.15) is 4.99 Å². The first-order chi connectivity index (χ1) is 23.0. The molecule has 0 saturated carbocycles. The van der Waals surface area contributed by atoms with Crippen LogP contribution in [0.2, 0.25) is 0 Å². The van der Waals surface area contributed by atoms with E-state index < -0.39 is 6.36 Å². The molecule has 0 bridgehead atoms. The number of aryl methyl sites for hydroxylation is 2. The number of amides is 2. The quantitative estimate of drug-likeness (QED) is 0.171. The van der Waals surface area contributed by atoms with E-state index >= 15 is 0 Å². The Hall–Kier alpha value is -4.32. The normalized spacial score (nSPS) is 16.6. The van der Waals surface area contributed by atoms with Gasteiger partial charge in [-0.3, -0.25) is 0 Å². The van der Waals surface area contributed by atoms with Crippen molar-refractivity contribution in [3.8, 4) is 22.8 Å². The fourth-order valence-electron chi connectivity index (χ4n) is 5.68. The van der Waals surface area contributed by atoms with Crippen molar-refractivity contribution in [2.24, 2.45) is 10.9 Å². The fraction of sp³-hybridized carbons (Fsp3) is 0.389. The van der Waals surface area contributed by atoms with Crippen molar-refractivity contribution in [2.75, 3.05) is 17.2 Å². The number of rotatable bonds is 11. The summed E-state index contributed by atoms with van der Waals surface area (Å²) >= 11 is 1.64. The molecule has 2 amide bonds. The Morgan fingerprint density at radius 2 is 1.88 bits per heavy atom. The third kappa shape index (κ3) is 9.40. The number of aliphatic imine (C=N–C) groups is 1. The van der Waals surface area contributed by atoms with Crippen molar-refractivity contribution >= 4 is 28.6 Å². The van der Waals surface area contributed by atoms with E-state index in [2.05, 4.69) is 75.9 Å². The molecule has 1 aliphatic rings. The first kappa shape index (κ1) is 35.0. The molecule has 1 fully saturated rings. The number of thioether (sulfide) groups is 1. The number of halogens is 3. The maximum absolute atomic E-state index is 12.9. The zero-order chi connectivity index (χ0) is 34.3. The lowest BCUT2D eigenvalue weighted by atomic mass is 9.97. The van der Waals surface area contributed by atoms with Crippen LogP contribution in [0.5, 0.6) is 5.75 Å². The largest absolute Gasteiger partial charge is 0.573 e. The number of amidine groups is 1. The number of hydrogen-bond donors (Lipinski definition) is 1. The number of aromatic nitrogens is 3. The van der Waals surface area contributed by atoms with Crippen LogP contribution in [0.1, 0.15) is 56.7 Å². The molecule has 0 spiro atoms. The van der Waals surface area contributed by atoms with E-state index in [1.54, 1.807) is 11.8 Å². The zero-order valence-electron chi connectivity index (χ0n) is 27.6. The van der Waals surface area contributed by atoms with Gasteiger partial charge >= 0.3 is 12.4 Å². The van der Waals surface area contributed by atoms with E-state index in [0.717, 1.165) is 59.8 Å². The monoisotopic (exact) mass is 678 g/mol. The number of anilines is 1. The summed E-state index contributed by atoms with van der Waals surface area (Å²) in [6.45, 7) is 9.17. The number of urea groups is 1. The summed E-state index contributed by atoms with van der Waals surface area (Å²) in [5.41, 5.74) is 6.17. The van der Waals surface area contributed by atoms with Gasteiger partial charge in [0, 0.05) is 29.6 Å². The summed E-state index contributed by atoms with van der Waals surface area (Å²) < 4.78 is 42.8. The zero-order valence-corrected chi connectivity index (χ0v) is 28.4. The third-order valence-corrected chi connectivity index (χ3v) is 9.15. The summed E-state index contributed by atoms with van der Waals surface area (Å²) in [5, 5.41) is 8.23. The summed E-state index contributed by atoms with van der Waals surface area (Å²) in [6, 6.07) is 19.9. The van der Waals surface area contributed by atoms with Gasteiger partial charge in [-0.05, 0) is 92.5 Å². The lowest BCUT2D eigenvalue weighted by molar-refractivity contribution is -0.274. The highest BCUT2D eigenvalue weighted by atomic mass is 32.2. The number of nitrogens with one attached hydrogen (secondary N) is 1. The van der Waals surface area contributed by atoms with E-state index in [1.165, 1.54) is 46.4 Å². The van der Waals surface area contributed by atoms with Gasteiger partial charge in [0.1, 0.15) is 12.1 Å². The van der Waals surface area contributed by atoms with Crippen molar-refractivity contribution < 1.29 is 22.7 Å². The molecule has 12 heteroatoms. The molecule has 3 aromatic carbocycles. The van der Waals surface area contributed by atoms with Gasteiger partial charge in [0.25, 0.3) is 0 Å². The molecule has 254 valence electrons. The molecule has 2 unspecified atom stereocenters. The van der Waals surface area contributed by atoms with Crippen LogP contribution in [-0.4, -0.2) is 50.7 Å². The van der Waals surface area contributed by atoms with Crippen LogP contribution < -0.4 is 15.0 Å². The number of nitrogens with zero attached hydrogens (tertiary/aromatic N) is 5. The predicted octanol–water partition coefficient (Wildman–Crippen LogP) is 8.76. The summed E-state index contributed by atoms with van der Waals surface area (Å²) in [5.74, 6) is 1.47. The van der Waals surface area contributed by atoms with Crippen molar-refractivity contribution in [3.63, 3.8) is 0 Å². The molecule has 1 aromatic heterocycles. The molecule has 2 heterocycles. The molecule has 0 aliphatic carbocycles. The third-order valence-electron chi connectivity index (χ3n) is 8.17. The Morgan fingerprint density at radius 1 is 1.12 bits per heavy atom. The van der Waals surface area contributed by atoms with Gasteiger partial charge in [-0.1, -0.05) is 68.4 Å². The van der Waals surface area contributed by atoms with Crippen LogP contribution in [0.15, 0.2) is 78.0 Å². The molecule has 4 aromatic rings. The lowest BCUT2D eigenvalue weighted by Gasteiger charge is -2.37. The lowest BCUT2D eigenvalue weighted by Crippen LogP contribution is -2.42. The van der Waals surface area contributed by atoms with Crippen LogP contribution in [0.4, 0.5) is 23.7 Å². The van der Waals surface area contributed by atoms with Crippen molar-refractivity contribution in [1.29, 1.82) is 0 Å². The minimum absolute atomic E-state index is 0.260. The Morgan fingerprint density at radius 3 is 2.58 bits per heavy atom. The smallest absolute Gasteiger partial charge is 0.406 e. The first-order valence-electron chi connectivity index (χ1n) is 16.2. The number of benzene rings is 3. The number of carbonyl (C=O) groups is 1. The average Bonchev–Trinajstić information content (AvgIpc) is 3.53. The van der Waals surface area contributed by atoms with E-state index in [4.69, 9.17) is 0 Å². The second kappa shape index (κ2) is 15.7. The second-order valence-corrected chi connectivity index (χ2v) is 13.3. The summed E-state index contributed by atoms with van der Waals surface area (Å²) in [6.07, 6.45) is 1.49. The van der Waals surface area contributed by atoms with E-state index in [1.807, 2.05) is 24.3 Å². The fourth-order valence-corrected chi connectivity index (χ4v) is 6.89. The average molecular weight is 679 g/mol. The number of carbonyl (C=O) groups excluding carboxylic acids is 1. The van der Waals surface area contributed by atoms with Gasteiger partial charge in [-0.15, -0.1) is 18.3 Å². The van der Waals surface area contributed by atoms with Gasteiger partial charge in [-0.25, -0.2) is 14.5 Å². The molecule has 1 saturated heterocycles. The molecule has 0 radical (unpaired) electrons. The second-order valence-electron chi connectivity index (χ2n) is 12.2.